The predicted molar refractivity (Wildman–Crippen MR) is 98.9 cm³/mol. The van der Waals surface area contributed by atoms with Crippen molar-refractivity contribution in [1.29, 1.82) is 0 Å². The third-order valence-corrected chi connectivity index (χ3v) is 5.05. The number of carboxylic acid groups (broad SMARTS) is 1. The number of fused-ring (bicyclic) bond motifs is 1. The highest BCUT2D eigenvalue weighted by molar-refractivity contribution is 6.16. The molecule has 0 saturated heterocycles. The Hall–Kier alpha value is -3.44. The van der Waals surface area contributed by atoms with Crippen molar-refractivity contribution in [2.45, 2.75) is 11.5 Å². The lowest BCUT2D eigenvalue weighted by atomic mass is 9.72. The lowest BCUT2D eigenvalue weighted by molar-refractivity contribution is -0.141. The van der Waals surface area contributed by atoms with Crippen LogP contribution in [0.5, 0.6) is 0 Å². The van der Waals surface area contributed by atoms with Gasteiger partial charge in [-0.2, -0.15) is 5.06 Å². The van der Waals surface area contributed by atoms with Gasteiger partial charge in [-0.1, -0.05) is 78.0 Å². The van der Waals surface area contributed by atoms with Gasteiger partial charge in [-0.25, -0.2) is 0 Å². The van der Waals surface area contributed by atoms with Crippen LogP contribution in [0.25, 0.3) is 0 Å². The zero-order valence-electron chi connectivity index (χ0n) is 14.3. The van der Waals surface area contributed by atoms with Gasteiger partial charge in [-0.15, -0.1) is 0 Å². The Morgan fingerprint density at radius 2 is 1.41 bits per heavy atom. The summed E-state index contributed by atoms with van der Waals surface area (Å²) in [7, 11) is 0. The van der Waals surface area contributed by atoms with Crippen LogP contribution in [0.2, 0.25) is 0 Å². The maximum Gasteiger partial charge on any atom is 0.314 e. The number of benzene rings is 3. The van der Waals surface area contributed by atoms with Crippen LogP contribution in [0, 0.1) is 0 Å². The summed E-state index contributed by atoms with van der Waals surface area (Å²) in [5.41, 5.74) is -0.724. The van der Waals surface area contributed by atoms with Crippen LogP contribution in [0.3, 0.4) is 0 Å². The summed E-state index contributed by atoms with van der Waals surface area (Å²) in [6.07, 6.45) is 0. The van der Waals surface area contributed by atoms with Crippen LogP contribution in [0.1, 0.15) is 27.4 Å². The average Bonchev–Trinajstić information content (AvgIpc) is 2.93. The molecule has 5 nitrogen and oxygen atoms in total. The molecule has 0 fully saturated rings. The Labute approximate surface area is 156 Å². The molecular weight excluding hydrogens is 342 g/mol. The maximum atomic E-state index is 13.5. The van der Waals surface area contributed by atoms with Crippen LogP contribution >= 0.6 is 0 Å². The van der Waals surface area contributed by atoms with Crippen molar-refractivity contribution in [3.63, 3.8) is 0 Å². The predicted octanol–water partition coefficient (Wildman–Crippen LogP) is 3.80. The first kappa shape index (κ1) is 17.0. The first-order valence-corrected chi connectivity index (χ1v) is 8.53. The quantitative estimate of drug-likeness (QED) is 0.769. The molecule has 1 heterocycles. The lowest BCUT2D eigenvalue weighted by Crippen LogP contribution is -2.52. The Bertz CT molecular complexity index is 1000. The second-order valence-electron chi connectivity index (χ2n) is 6.45. The molecule has 27 heavy (non-hydrogen) atoms. The van der Waals surface area contributed by atoms with E-state index in [1.54, 1.807) is 84.9 Å². The molecule has 1 aliphatic heterocycles. The van der Waals surface area contributed by atoms with Crippen molar-refractivity contribution in [3.8, 4) is 0 Å². The minimum atomic E-state index is -1.90. The van der Waals surface area contributed by atoms with Gasteiger partial charge in [0, 0.05) is 5.56 Å². The van der Waals surface area contributed by atoms with Crippen molar-refractivity contribution in [2.75, 3.05) is 5.06 Å². The van der Waals surface area contributed by atoms with Crippen molar-refractivity contribution in [1.82, 2.24) is 0 Å². The summed E-state index contributed by atoms with van der Waals surface area (Å²) in [6.45, 7) is 0. The lowest BCUT2D eigenvalue weighted by Gasteiger charge is -2.38. The molecule has 1 N–H and O–H groups in total. The molecule has 2 unspecified atom stereocenters. The van der Waals surface area contributed by atoms with Crippen LogP contribution in [0.15, 0.2) is 84.9 Å². The molecule has 0 aliphatic carbocycles. The number of Topliss-reactive ketones (excluding diaryl/α,β-unsaturated/α-hetero) is 1. The second-order valence-corrected chi connectivity index (χ2v) is 6.45. The molecule has 4 rings (SSSR count). The van der Waals surface area contributed by atoms with Gasteiger partial charge in [0.2, 0.25) is 0 Å². The maximum absolute atomic E-state index is 13.5. The highest BCUT2D eigenvalue weighted by Gasteiger charge is 2.61. The molecule has 5 heteroatoms. The van der Waals surface area contributed by atoms with E-state index in [2.05, 4.69) is 0 Å². The molecule has 0 saturated carbocycles. The summed E-state index contributed by atoms with van der Waals surface area (Å²) in [5, 5.41) is 24.2. The van der Waals surface area contributed by atoms with Gasteiger partial charge < -0.3 is 5.11 Å². The molecular formula is C22H16NO4. The molecule has 3 aromatic carbocycles. The van der Waals surface area contributed by atoms with E-state index in [0.29, 0.717) is 16.2 Å². The van der Waals surface area contributed by atoms with Crippen LogP contribution in [0.4, 0.5) is 5.69 Å². The molecule has 1 aliphatic rings. The van der Waals surface area contributed by atoms with Gasteiger partial charge in [-0.3, -0.25) is 9.59 Å². The van der Waals surface area contributed by atoms with E-state index in [1.165, 1.54) is 0 Å². The Morgan fingerprint density at radius 1 is 0.852 bits per heavy atom. The zero-order valence-corrected chi connectivity index (χ0v) is 14.3. The summed E-state index contributed by atoms with van der Waals surface area (Å²) >= 11 is 0. The minimum absolute atomic E-state index is 0.188. The SMILES string of the molecule is [O]N1c2ccccc2C(=O)C1(c1ccccc1)C(C(=O)O)c1ccccc1. The average molecular weight is 358 g/mol. The normalized spacial score (nSPS) is 19.6. The van der Waals surface area contributed by atoms with Crippen LogP contribution in [-0.4, -0.2) is 16.9 Å². The largest absolute Gasteiger partial charge is 0.481 e. The summed E-state index contributed by atoms with van der Waals surface area (Å²) in [5.74, 6) is -3.10. The van der Waals surface area contributed by atoms with E-state index in [9.17, 15) is 19.9 Å². The van der Waals surface area contributed by atoms with Gasteiger partial charge in [0.15, 0.2) is 11.3 Å². The first-order chi connectivity index (χ1) is 13.1. The molecule has 0 amide bonds. The monoisotopic (exact) mass is 358 g/mol. The van der Waals surface area contributed by atoms with Gasteiger partial charge in [0.05, 0.1) is 5.69 Å². The smallest absolute Gasteiger partial charge is 0.314 e. The van der Waals surface area contributed by atoms with Gasteiger partial charge in [0.25, 0.3) is 0 Å². The molecule has 0 bridgehead atoms. The fraction of sp³-hybridized carbons (Fsp3) is 0.0909. The van der Waals surface area contributed by atoms with Crippen molar-refractivity contribution >= 4 is 17.4 Å². The molecule has 0 spiro atoms. The number of hydrogen-bond acceptors (Lipinski definition) is 3. The van der Waals surface area contributed by atoms with E-state index in [4.69, 9.17) is 0 Å². The third kappa shape index (κ3) is 2.36. The second kappa shape index (κ2) is 6.37. The molecule has 133 valence electrons. The Kier molecular flexibility index (Phi) is 4.01. The number of hydrogen-bond donors (Lipinski definition) is 1. The number of carboxylic acids is 1. The van der Waals surface area contributed by atoms with E-state index in [0.717, 1.165) is 0 Å². The molecule has 3 aromatic rings. The summed E-state index contributed by atoms with van der Waals surface area (Å²) < 4.78 is 0. The van der Waals surface area contributed by atoms with Gasteiger partial charge >= 0.3 is 5.97 Å². The molecule has 1 radical (unpaired) electrons. The standard InChI is InChI=1S/C22H16NO4/c24-20-17-13-7-8-14-18(17)23(27)22(20,16-11-5-2-6-12-16)19(21(25)26)15-9-3-1-4-10-15/h1-14,19H,(H,25,26). The highest BCUT2D eigenvalue weighted by Crippen LogP contribution is 2.51. The number of carbonyl (C=O) groups is 2. The number of aliphatic carboxylic acids is 1. The van der Waals surface area contributed by atoms with E-state index >= 15 is 0 Å². The van der Waals surface area contributed by atoms with Gasteiger partial charge in [-0.05, 0) is 23.3 Å². The first-order valence-electron chi connectivity index (χ1n) is 8.53. The number of rotatable bonds is 4. The van der Waals surface area contributed by atoms with Crippen molar-refractivity contribution in [2.24, 2.45) is 0 Å². The van der Waals surface area contributed by atoms with Crippen LogP contribution in [-0.2, 0) is 15.5 Å². The Balaban J connectivity index is 2.05. The van der Waals surface area contributed by atoms with Crippen molar-refractivity contribution in [3.05, 3.63) is 102 Å². The fourth-order valence-corrected chi connectivity index (χ4v) is 3.89. The zero-order chi connectivity index (χ0) is 19.0. The summed E-state index contributed by atoms with van der Waals surface area (Å²) in [6, 6.07) is 23.3. The number of carbonyl (C=O) groups excluding carboxylic acids is 1. The highest BCUT2D eigenvalue weighted by atomic mass is 16.5. The number of anilines is 1. The minimum Gasteiger partial charge on any atom is -0.481 e. The fourth-order valence-electron chi connectivity index (χ4n) is 3.89. The van der Waals surface area contributed by atoms with E-state index < -0.39 is 23.2 Å². The third-order valence-electron chi connectivity index (χ3n) is 5.05. The van der Waals surface area contributed by atoms with E-state index in [-0.39, 0.29) is 11.3 Å². The number of hydroxylamine groups is 1. The van der Waals surface area contributed by atoms with Crippen molar-refractivity contribution < 1.29 is 19.9 Å². The Morgan fingerprint density at radius 3 is 2.00 bits per heavy atom. The number of nitrogens with zero attached hydrogens (tertiary/aromatic N) is 1. The van der Waals surface area contributed by atoms with Gasteiger partial charge in [0.1, 0.15) is 5.92 Å². The molecule has 2 atom stereocenters. The number of ketones is 1. The molecule has 0 aromatic heterocycles. The number of para-hydroxylation sites is 1. The topological polar surface area (TPSA) is 77.5 Å². The van der Waals surface area contributed by atoms with Crippen LogP contribution < -0.4 is 5.06 Å². The summed E-state index contributed by atoms with van der Waals surface area (Å²) in [4.78, 5) is 25.9. The van der Waals surface area contributed by atoms with E-state index in [1.807, 2.05) is 0 Å².